The number of carbonyl (C=O) groups excluding carboxylic acids is 1. The quantitative estimate of drug-likeness (QED) is 0.558. The predicted octanol–water partition coefficient (Wildman–Crippen LogP) is 3.96. The zero-order valence-corrected chi connectivity index (χ0v) is 15.5. The molecule has 0 aliphatic carbocycles. The molecule has 2 heterocycles. The van der Waals surface area contributed by atoms with E-state index in [1.807, 2.05) is 12.1 Å². The Morgan fingerprint density at radius 3 is 2.52 bits per heavy atom. The van der Waals surface area contributed by atoms with Crippen LogP contribution in [-0.2, 0) is 6.54 Å². The van der Waals surface area contributed by atoms with Crippen molar-refractivity contribution in [1.82, 2.24) is 19.6 Å². The van der Waals surface area contributed by atoms with Gasteiger partial charge in [-0.2, -0.15) is 0 Å². The number of anilines is 1. The molecule has 146 valence electrons. The van der Waals surface area contributed by atoms with Crippen molar-refractivity contribution in [2.45, 2.75) is 13.5 Å². The van der Waals surface area contributed by atoms with E-state index in [0.29, 0.717) is 22.6 Å². The molecule has 0 spiro atoms. The van der Waals surface area contributed by atoms with Gasteiger partial charge in [0.15, 0.2) is 11.5 Å². The molecule has 2 aromatic heterocycles. The Hall–Kier alpha value is -3.81. The molecule has 29 heavy (non-hydrogen) atoms. The molecule has 4 aromatic rings. The van der Waals surface area contributed by atoms with Gasteiger partial charge >= 0.3 is 0 Å². The molecule has 2 aromatic carbocycles. The minimum absolute atomic E-state index is 0.0985. The molecule has 0 unspecified atom stereocenters. The Morgan fingerprint density at radius 2 is 1.79 bits per heavy atom. The first-order valence-electron chi connectivity index (χ1n) is 8.90. The summed E-state index contributed by atoms with van der Waals surface area (Å²) in [5, 5.41) is 10.9. The fraction of sp³-hybridized carbons (Fsp3) is 0.0952. The Balaban J connectivity index is 1.70. The summed E-state index contributed by atoms with van der Waals surface area (Å²) in [5.74, 6) is -0.769. The third-order valence-corrected chi connectivity index (χ3v) is 4.43. The van der Waals surface area contributed by atoms with Gasteiger partial charge in [-0.15, -0.1) is 5.10 Å². The highest BCUT2D eigenvalue weighted by Crippen LogP contribution is 2.20. The molecule has 6 nitrogen and oxygen atoms in total. The number of nitrogens with one attached hydrogen (secondary N) is 1. The van der Waals surface area contributed by atoms with Crippen LogP contribution in [0.25, 0.3) is 5.82 Å². The van der Waals surface area contributed by atoms with Crippen LogP contribution in [0.2, 0.25) is 0 Å². The number of amides is 1. The molecule has 8 heteroatoms. The zero-order chi connectivity index (χ0) is 20.4. The summed E-state index contributed by atoms with van der Waals surface area (Å²) in [5.41, 5.74) is 1.86. The molecule has 1 N–H and O–H groups in total. The molecule has 0 saturated carbocycles. The predicted molar refractivity (Wildman–Crippen MR) is 104 cm³/mol. The van der Waals surface area contributed by atoms with E-state index in [4.69, 9.17) is 0 Å². The van der Waals surface area contributed by atoms with Crippen molar-refractivity contribution >= 4 is 11.6 Å². The summed E-state index contributed by atoms with van der Waals surface area (Å²) in [4.78, 5) is 12.9. The lowest BCUT2D eigenvalue weighted by Gasteiger charge is -2.11. The number of aryl methyl sites for hydroxylation is 1. The molecular weight excluding hydrogens is 376 g/mol. The Labute approximate surface area is 165 Å². The first kappa shape index (κ1) is 18.5. The van der Waals surface area contributed by atoms with Crippen LogP contribution in [0.15, 0.2) is 67.0 Å². The van der Waals surface area contributed by atoms with Gasteiger partial charge in [0.1, 0.15) is 11.6 Å². The third-order valence-electron chi connectivity index (χ3n) is 4.43. The van der Waals surface area contributed by atoms with Gasteiger partial charge in [-0.05, 0) is 60.5 Å². The lowest BCUT2D eigenvalue weighted by molar-refractivity contribution is 0.102. The lowest BCUT2D eigenvalue weighted by atomic mass is 10.2. The lowest BCUT2D eigenvalue weighted by Crippen LogP contribution is -2.17. The van der Waals surface area contributed by atoms with Crippen LogP contribution in [0, 0.1) is 18.6 Å². The standard InChI is InChI=1S/C21H17F2N5O/c1-14-11-17(23)7-8-18(14)24-20(29)19-21(27-9-2-3-10-27)28(26-25-19)13-15-5-4-6-16(22)12-15/h2-12H,13H2,1H3,(H,24,29). The second-order valence-electron chi connectivity index (χ2n) is 6.55. The van der Waals surface area contributed by atoms with Gasteiger partial charge in [-0.1, -0.05) is 17.3 Å². The normalized spacial score (nSPS) is 10.9. The molecule has 0 saturated heterocycles. The molecule has 0 radical (unpaired) electrons. The third kappa shape index (κ3) is 3.91. The second-order valence-corrected chi connectivity index (χ2v) is 6.55. The van der Waals surface area contributed by atoms with Crippen LogP contribution < -0.4 is 5.32 Å². The van der Waals surface area contributed by atoms with Crippen LogP contribution >= 0.6 is 0 Å². The van der Waals surface area contributed by atoms with Gasteiger partial charge in [-0.25, -0.2) is 13.5 Å². The molecule has 0 atom stereocenters. The molecule has 0 fully saturated rings. The minimum atomic E-state index is -0.478. The molecule has 4 rings (SSSR count). The van der Waals surface area contributed by atoms with E-state index in [1.54, 1.807) is 36.0 Å². The smallest absolute Gasteiger partial charge is 0.280 e. The van der Waals surface area contributed by atoms with Crippen LogP contribution in [0.4, 0.5) is 14.5 Å². The van der Waals surface area contributed by atoms with E-state index in [-0.39, 0.29) is 23.9 Å². The topological polar surface area (TPSA) is 64.7 Å². The number of hydrogen-bond donors (Lipinski definition) is 1. The molecule has 0 bridgehead atoms. The average molecular weight is 393 g/mol. The second kappa shape index (κ2) is 7.67. The number of rotatable bonds is 5. The summed E-state index contributed by atoms with van der Waals surface area (Å²) in [6.07, 6.45) is 3.53. The summed E-state index contributed by atoms with van der Waals surface area (Å²) in [7, 11) is 0. The van der Waals surface area contributed by atoms with E-state index in [9.17, 15) is 13.6 Å². The summed E-state index contributed by atoms with van der Waals surface area (Å²) in [6.45, 7) is 1.94. The van der Waals surface area contributed by atoms with E-state index < -0.39 is 5.91 Å². The molecule has 0 aliphatic rings. The van der Waals surface area contributed by atoms with Gasteiger partial charge in [0.25, 0.3) is 5.91 Å². The highest BCUT2D eigenvalue weighted by molar-refractivity contribution is 6.05. The Kier molecular flexibility index (Phi) is 4.90. The van der Waals surface area contributed by atoms with Crippen LogP contribution in [0.1, 0.15) is 21.6 Å². The number of nitrogens with zero attached hydrogens (tertiary/aromatic N) is 4. The van der Waals surface area contributed by atoms with Gasteiger partial charge in [0.05, 0.1) is 6.54 Å². The van der Waals surface area contributed by atoms with Crippen LogP contribution in [0.3, 0.4) is 0 Å². The Morgan fingerprint density at radius 1 is 1.03 bits per heavy atom. The fourth-order valence-electron chi connectivity index (χ4n) is 3.05. The molecular formula is C21H17F2N5O. The summed E-state index contributed by atoms with van der Waals surface area (Å²) >= 11 is 0. The summed E-state index contributed by atoms with van der Waals surface area (Å²) in [6, 6.07) is 13.9. The van der Waals surface area contributed by atoms with Crippen molar-refractivity contribution in [1.29, 1.82) is 0 Å². The highest BCUT2D eigenvalue weighted by atomic mass is 19.1. The van der Waals surface area contributed by atoms with Crippen molar-refractivity contribution in [3.05, 3.63) is 95.4 Å². The maximum atomic E-state index is 13.5. The zero-order valence-electron chi connectivity index (χ0n) is 15.5. The average Bonchev–Trinajstić information content (AvgIpc) is 3.33. The maximum absolute atomic E-state index is 13.5. The van der Waals surface area contributed by atoms with Crippen LogP contribution in [-0.4, -0.2) is 25.5 Å². The van der Waals surface area contributed by atoms with Gasteiger partial charge in [-0.3, -0.25) is 4.79 Å². The largest absolute Gasteiger partial charge is 0.320 e. The monoisotopic (exact) mass is 393 g/mol. The van der Waals surface area contributed by atoms with E-state index in [1.165, 1.54) is 35.0 Å². The maximum Gasteiger partial charge on any atom is 0.280 e. The van der Waals surface area contributed by atoms with Crippen molar-refractivity contribution in [3.63, 3.8) is 0 Å². The van der Waals surface area contributed by atoms with Gasteiger partial charge in [0.2, 0.25) is 0 Å². The molecule has 0 aliphatic heterocycles. The van der Waals surface area contributed by atoms with Crippen molar-refractivity contribution in [3.8, 4) is 5.82 Å². The first-order chi connectivity index (χ1) is 14.0. The van der Waals surface area contributed by atoms with Gasteiger partial charge in [0, 0.05) is 18.1 Å². The first-order valence-corrected chi connectivity index (χ1v) is 8.90. The van der Waals surface area contributed by atoms with Crippen molar-refractivity contribution in [2.24, 2.45) is 0 Å². The highest BCUT2D eigenvalue weighted by Gasteiger charge is 2.22. The van der Waals surface area contributed by atoms with E-state index >= 15 is 0 Å². The van der Waals surface area contributed by atoms with Crippen LogP contribution in [0.5, 0.6) is 0 Å². The number of carbonyl (C=O) groups is 1. The molecule has 1 amide bonds. The number of halogens is 2. The van der Waals surface area contributed by atoms with Crippen molar-refractivity contribution < 1.29 is 13.6 Å². The Bertz CT molecular complexity index is 1170. The number of aromatic nitrogens is 4. The SMILES string of the molecule is Cc1cc(F)ccc1NC(=O)c1nnn(Cc2cccc(F)c2)c1-n1cccc1. The van der Waals surface area contributed by atoms with E-state index in [0.717, 1.165) is 0 Å². The number of hydrogen-bond acceptors (Lipinski definition) is 3. The number of benzene rings is 2. The van der Waals surface area contributed by atoms with Crippen molar-refractivity contribution in [2.75, 3.05) is 5.32 Å². The van der Waals surface area contributed by atoms with E-state index in [2.05, 4.69) is 15.6 Å². The summed E-state index contributed by atoms with van der Waals surface area (Å²) < 4.78 is 30.1. The van der Waals surface area contributed by atoms with Gasteiger partial charge < -0.3 is 9.88 Å². The minimum Gasteiger partial charge on any atom is -0.320 e. The fourth-order valence-corrected chi connectivity index (χ4v) is 3.05.